The normalized spacial score (nSPS) is 12.0. The first-order valence-electron chi connectivity index (χ1n) is 8.31. The van der Waals surface area contributed by atoms with Crippen molar-refractivity contribution in [2.24, 2.45) is 5.73 Å². The van der Waals surface area contributed by atoms with Gasteiger partial charge in [0.1, 0.15) is 11.4 Å². The van der Waals surface area contributed by atoms with Crippen molar-refractivity contribution in [3.05, 3.63) is 60.2 Å². The number of carbonyl (C=O) groups excluding carboxylic acids is 1. The van der Waals surface area contributed by atoms with Crippen molar-refractivity contribution >= 4 is 21.6 Å². The maximum atomic E-state index is 13.1. The number of hydrogen-bond acceptors (Lipinski definition) is 6. The Morgan fingerprint density at radius 1 is 1.20 bits per heavy atom. The zero-order chi connectivity index (χ0) is 22.1. The molecule has 3 aromatic rings. The molecule has 2 heterocycles. The highest BCUT2D eigenvalue weighted by atomic mass is 32.2. The molecule has 158 valence electrons. The second-order valence-electron chi connectivity index (χ2n) is 6.14. The molecule has 30 heavy (non-hydrogen) atoms. The van der Waals surface area contributed by atoms with E-state index in [1.54, 1.807) is 13.0 Å². The Hall–Kier alpha value is -3.48. The van der Waals surface area contributed by atoms with Crippen molar-refractivity contribution in [1.82, 2.24) is 19.7 Å². The predicted octanol–water partition coefficient (Wildman–Crippen LogP) is 1.67. The fraction of sp³-hybridized carbons (Fsp3) is 0.176. The summed E-state index contributed by atoms with van der Waals surface area (Å²) >= 11 is 0. The van der Waals surface area contributed by atoms with E-state index in [-0.39, 0.29) is 16.5 Å². The number of aryl methyl sites for hydroxylation is 1. The number of amides is 1. The van der Waals surface area contributed by atoms with Crippen LogP contribution < -0.4 is 10.0 Å². The molecule has 2 N–H and O–H groups in total. The monoisotopic (exact) mass is 440 g/mol. The van der Waals surface area contributed by atoms with Crippen LogP contribution in [0.2, 0.25) is 0 Å². The molecule has 0 unspecified atom stereocenters. The summed E-state index contributed by atoms with van der Waals surface area (Å²) in [5, 5.41) is 3.92. The molecule has 0 aliphatic heterocycles. The molecule has 2 aromatic heterocycles. The number of sulfonamides is 1. The number of benzene rings is 1. The van der Waals surface area contributed by atoms with Crippen LogP contribution in [0.15, 0.2) is 53.8 Å². The van der Waals surface area contributed by atoms with Gasteiger partial charge in [0.05, 0.1) is 23.6 Å². The van der Waals surface area contributed by atoms with Crippen LogP contribution in [0.4, 0.5) is 18.9 Å². The summed E-state index contributed by atoms with van der Waals surface area (Å²) in [5.41, 5.74) is 4.65. The van der Waals surface area contributed by atoms with Crippen LogP contribution in [0.5, 0.6) is 0 Å². The topological polar surface area (TPSA) is 124 Å². The van der Waals surface area contributed by atoms with Crippen LogP contribution in [0.25, 0.3) is 5.95 Å². The van der Waals surface area contributed by atoms with Crippen LogP contribution in [0.1, 0.15) is 11.3 Å². The van der Waals surface area contributed by atoms with Gasteiger partial charge in [-0.2, -0.15) is 18.3 Å². The van der Waals surface area contributed by atoms with Gasteiger partial charge in [0.15, 0.2) is 0 Å². The highest BCUT2D eigenvalue weighted by Crippen LogP contribution is 2.31. The molecule has 0 bridgehead atoms. The summed E-state index contributed by atoms with van der Waals surface area (Å²) in [4.78, 5) is 19.2. The average molecular weight is 440 g/mol. The fourth-order valence-electron chi connectivity index (χ4n) is 2.50. The van der Waals surface area contributed by atoms with Crippen LogP contribution in [-0.2, 0) is 21.0 Å². The van der Waals surface area contributed by atoms with E-state index in [0.717, 1.165) is 29.2 Å². The van der Waals surface area contributed by atoms with E-state index < -0.39 is 34.2 Å². The summed E-state index contributed by atoms with van der Waals surface area (Å²) in [6.45, 7) is 0.936. The zero-order valence-corrected chi connectivity index (χ0v) is 16.2. The van der Waals surface area contributed by atoms with Crippen molar-refractivity contribution in [2.45, 2.75) is 18.0 Å². The Kier molecular flexibility index (Phi) is 5.48. The van der Waals surface area contributed by atoms with Gasteiger partial charge in [-0.3, -0.25) is 9.10 Å². The molecule has 0 fully saturated rings. The summed E-state index contributed by atoms with van der Waals surface area (Å²) in [6.07, 6.45) is -0.989. The maximum Gasteiger partial charge on any atom is 0.416 e. The van der Waals surface area contributed by atoms with Gasteiger partial charge in [0.2, 0.25) is 5.91 Å². The third kappa shape index (κ3) is 4.40. The number of nitrogens with two attached hydrogens (primary N) is 1. The Labute approximate surface area is 169 Å². The van der Waals surface area contributed by atoms with Crippen LogP contribution >= 0.6 is 0 Å². The predicted molar refractivity (Wildman–Crippen MR) is 99.1 cm³/mol. The number of halogens is 3. The number of rotatable bonds is 6. The molecular formula is C17H15F3N6O3S. The summed E-state index contributed by atoms with van der Waals surface area (Å²) in [5.74, 6) is -0.875. The second kappa shape index (κ2) is 7.74. The van der Waals surface area contributed by atoms with Gasteiger partial charge >= 0.3 is 6.18 Å². The summed E-state index contributed by atoms with van der Waals surface area (Å²) in [7, 11) is -4.38. The molecule has 0 aliphatic carbocycles. The van der Waals surface area contributed by atoms with Crippen molar-refractivity contribution in [1.29, 1.82) is 0 Å². The lowest BCUT2D eigenvalue weighted by atomic mass is 10.2. The molecule has 3 rings (SSSR count). The summed E-state index contributed by atoms with van der Waals surface area (Å²) in [6, 6.07) is 4.95. The van der Waals surface area contributed by atoms with E-state index in [1.807, 2.05) is 0 Å². The lowest BCUT2D eigenvalue weighted by Gasteiger charge is -2.22. The lowest BCUT2D eigenvalue weighted by Crippen LogP contribution is -2.38. The number of primary amides is 1. The van der Waals surface area contributed by atoms with Crippen LogP contribution in [0, 0.1) is 6.92 Å². The number of alkyl halides is 3. The Bertz CT molecular complexity index is 1180. The van der Waals surface area contributed by atoms with Crippen molar-refractivity contribution in [2.75, 3.05) is 10.8 Å². The molecule has 9 nitrogen and oxygen atoms in total. The standard InChI is InChI=1S/C17H15F3N6O3S/c1-11-6-7-22-16(24-11)25-9-14(8-23-25)30(28,29)26(10-15(21)27)13-4-2-12(3-5-13)17(18,19)20/h2-9H,10H2,1H3,(H2,21,27). The van der Waals surface area contributed by atoms with E-state index in [9.17, 15) is 26.4 Å². The quantitative estimate of drug-likeness (QED) is 0.622. The zero-order valence-electron chi connectivity index (χ0n) is 15.4. The molecule has 13 heteroatoms. The van der Waals surface area contributed by atoms with Gasteiger partial charge in [-0.1, -0.05) is 0 Å². The van der Waals surface area contributed by atoms with Crippen LogP contribution in [0.3, 0.4) is 0 Å². The Morgan fingerprint density at radius 2 is 1.87 bits per heavy atom. The van der Waals surface area contributed by atoms with Gasteiger partial charge in [0.25, 0.3) is 16.0 Å². The first kappa shape index (κ1) is 21.2. The van der Waals surface area contributed by atoms with E-state index in [4.69, 9.17) is 5.73 Å². The molecule has 0 spiro atoms. The average Bonchev–Trinajstić information content (AvgIpc) is 3.16. The van der Waals surface area contributed by atoms with Crippen LogP contribution in [-0.4, -0.2) is 40.6 Å². The maximum absolute atomic E-state index is 13.1. The minimum Gasteiger partial charge on any atom is -0.368 e. The number of hydrogen-bond donors (Lipinski definition) is 1. The third-order valence-corrected chi connectivity index (χ3v) is 5.64. The SMILES string of the molecule is Cc1ccnc(-n2cc(S(=O)(=O)N(CC(N)=O)c3ccc(C(F)(F)F)cc3)cn2)n1. The first-order chi connectivity index (χ1) is 14.0. The van der Waals surface area contributed by atoms with Crippen molar-refractivity contribution in [3.63, 3.8) is 0 Å². The summed E-state index contributed by atoms with van der Waals surface area (Å²) < 4.78 is 66.2. The first-order valence-corrected chi connectivity index (χ1v) is 9.75. The van der Waals surface area contributed by atoms with Gasteiger partial charge < -0.3 is 5.73 Å². The van der Waals surface area contributed by atoms with E-state index in [1.165, 1.54) is 6.20 Å². The number of nitrogens with zero attached hydrogens (tertiary/aromatic N) is 5. The smallest absolute Gasteiger partial charge is 0.368 e. The minimum atomic E-state index is -4.60. The van der Waals surface area contributed by atoms with Crippen molar-refractivity contribution < 1.29 is 26.4 Å². The van der Waals surface area contributed by atoms with Crippen molar-refractivity contribution in [3.8, 4) is 5.95 Å². The molecule has 0 atom stereocenters. The Morgan fingerprint density at radius 3 is 2.43 bits per heavy atom. The fourth-order valence-corrected chi connectivity index (χ4v) is 3.86. The van der Waals surface area contributed by atoms with E-state index >= 15 is 0 Å². The minimum absolute atomic E-state index is 0.118. The highest BCUT2D eigenvalue weighted by Gasteiger charge is 2.32. The molecule has 1 aromatic carbocycles. The van der Waals surface area contributed by atoms with E-state index in [2.05, 4.69) is 15.1 Å². The second-order valence-corrected chi connectivity index (χ2v) is 8.00. The van der Waals surface area contributed by atoms with Gasteiger partial charge in [-0.15, -0.1) is 0 Å². The molecule has 0 aliphatic rings. The van der Waals surface area contributed by atoms with Gasteiger partial charge in [0, 0.05) is 11.9 Å². The number of anilines is 1. The van der Waals surface area contributed by atoms with Gasteiger partial charge in [-0.25, -0.2) is 23.1 Å². The highest BCUT2D eigenvalue weighted by molar-refractivity contribution is 7.92. The Balaban J connectivity index is 2.00. The van der Waals surface area contributed by atoms with E-state index in [0.29, 0.717) is 22.1 Å². The molecule has 1 amide bonds. The molecule has 0 radical (unpaired) electrons. The molecular weight excluding hydrogens is 425 g/mol. The molecule has 0 saturated heterocycles. The molecule has 0 saturated carbocycles. The largest absolute Gasteiger partial charge is 0.416 e. The number of aromatic nitrogens is 4. The third-order valence-electron chi connectivity index (χ3n) is 3.92. The van der Waals surface area contributed by atoms with Gasteiger partial charge in [-0.05, 0) is 37.3 Å². The number of carbonyl (C=O) groups is 1. The lowest BCUT2D eigenvalue weighted by molar-refractivity contribution is -0.137.